The molecule has 0 radical (unpaired) electrons. The molecule has 2 amide bonds. The van der Waals surface area contributed by atoms with Crippen LogP contribution in [0.2, 0.25) is 0 Å². The first-order valence-corrected chi connectivity index (χ1v) is 8.16. The van der Waals surface area contributed by atoms with E-state index in [0.29, 0.717) is 22.8 Å². The first-order valence-electron chi connectivity index (χ1n) is 8.16. The van der Waals surface area contributed by atoms with Gasteiger partial charge in [-0.3, -0.25) is 9.59 Å². The maximum absolute atomic E-state index is 12.9. The van der Waals surface area contributed by atoms with E-state index in [1.165, 1.54) is 30.3 Å². The molecule has 2 aromatic carbocycles. The monoisotopic (exact) mass is 368 g/mol. The first kappa shape index (κ1) is 18.2. The van der Waals surface area contributed by atoms with Crippen LogP contribution in [0.4, 0.5) is 10.1 Å². The predicted octanol–water partition coefficient (Wildman–Crippen LogP) is 3.61. The van der Waals surface area contributed by atoms with Gasteiger partial charge in [-0.1, -0.05) is 0 Å². The minimum atomic E-state index is -0.421. The average Bonchev–Trinajstić information content (AvgIpc) is 3.17. The molecule has 0 aliphatic carbocycles. The van der Waals surface area contributed by atoms with Gasteiger partial charge >= 0.3 is 0 Å². The fourth-order valence-corrected chi connectivity index (χ4v) is 2.30. The summed E-state index contributed by atoms with van der Waals surface area (Å²) in [5.41, 5.74) is 1.03. The van der Waals surface area contributed by atoms with Crippen LogP contribution in [-0.2, 0) is 6.61 Å². The van der Waals surface area contributed by atoms with Gasteiger partial charge < -0.3 is 19.8 Å². The number of nitrogens with one attached hydrogen (secondary N) is 2. The number of hydrogen-bond acceptors (Lipinski definition) is 4. The van der Waals surface area contributed by atoms with Crippen molar-refractivity contribution < 1.29 is 23.1 Å². The molecule has 0 saturated carbocycles. The lowest BCUT2D eigenvalue weighted by molar-refractivity contribution is 0.0961. The molecule has 1 aromatic heterocycles. The van der Waals surface area contributed by atoms with Gasteiger partial charge in [0.25, 0.3) is 11.8 Å². The summed E-state index contributed by atoms with van der Waals surface area (Å²) in [6, 6.07) is 15.3. The lowest BCUT2D eigenvalue weighted by Gasteiger charge is -2.05. The summed E-state index contributed by atoms with van der Waals surface area (Å²) in [5, 5.41) is 5.21. The normalized spacial score (nSPS) is 10.3. The second kappa shape index (κ2) is 8.18. The van der Waals surface area contributed by atoms with Crippen LogP contribution in [0.15, 0.2) is 65.1 Å². The standard InChI is InChI=1S/C20H17FN2O4/c1-22-19(24)13-2-6-15(7-3-13)23-20(25)18-11-10-17(27-18)12-26-16-8-4-14(21)5-9-16/h2-11H,12H2,1H3,(H,22,24)(H,23,25). The largest absolute Gasteiger partial charge is 0.486 e. The van der Waals surface area contributed by atoms with Crippen LogP contribution in [0.3, 0.4) is 0 Å². The number of anilines is 1. The van der Waals surface area contributed by atoms with Crippen molar-refractivity contribution in [2.24, 2.45) is 0 Å². The Labute approximate surface area is 155 Å². The Hall–Kier alpha value is -3.61. The van der Waals surface area contributed by atoms with Gasteiger partial charge in [-0.05, 0) is 60.7 Å². The Morgan fingerprint density at radius 3 is 2.33 bits per heavy atom. The molecule has 1 heterocycles. The Morgan fingerprint density at radius 1 is 0.963 bits per heavy atom. The molecule has 138 valence electrons. The second-order valence-corrected chi connectivity index (χ2v) is 5.62. The van der Waals surface area contributed by atoms with Gasteiger partial charge in [0.05, 0.1) is 0 Å². The Morgan fingerprint density at radius 2 is 1.67 bits per heavy atom. The molecule has 3 rings (SSSR count). The molecule has 0 bridgehead atoms. The SMILES string of the molecule is CNC(=O)c1ccc(NC(=O)c2ccc(COc3ccc(F)cc3)o2)cc1. The van der Waals surface area contributed by atoms with Crippen LogP contribution in [0.1, 0.15) is 26.7 Å². The van der Waals surface area contributed by atoms with Crippen molar-refractivity contribution in [1.29, 1.82) is 0 Å². The number of ether oxygens (including phenoxy) is 1. The van der Waals surface area contributed by atoms with E-state index in [2.05, 4.69) is 10.6 Å². The zero-order chi connectivity index (χ0) is 19.2. The minimum Gasteiger partial charge on any atom is -0.486 e. The fourth-order valence-electron chi connectivity index (χ4n) is 2.30. The van der Waals surface area contributed by atoms with Gasteiger partial charge in [-0.25, -0.2) is 4.39 Å². The minimum absolute atomic E-state index is 0.111. The van der Waals surface area contributed by atoms with Crippen LogP contribution in [-0.4, -0.2) is 18.9 Å². The number of hydrogen-bond donors (Lipinski definition) is 2. The van der Waals surface area contributed by atoms with Gasteiger partial charge in [0.2, 0.25) is 0 Å². The third-order valence-corrected chi connectivity index (χ3v) is 3.71. The summed E-state index contributed by atoms with van der Waals surface area (Å²) in [6.45, 7) is 0.111. The van der Waals surface area contributed by atoms with E-state index >= 15 is 0 Å². The van der Waals surface area contributed by atoms with E-state index in [4.69, 9.17) is 9.15 Å². The van der Waals surface area contributed by atoms with Crippen molar-refractivity contribution in [1.82, 2.24) is 5.32 Å². The van der Waals surface area contributed by atoms with Gasteiger partial charge in [-0.15, -0.1) is 0 Å². The van der Waals surface area contributed by atoms with Crippen LogP contribution in [0, 0.1) is 5.82 Å². The predicted molar refractivity (Wildman–Crippen MR) is 97.2 cm³/mol. The molecule has 7 heteroatoms. The van der Waals surface area contributed by atoms with E-state index in [9.17, 15) is 14.0 Å². The summed E-state index contributed by atoms with van der Waals surface area (Å²) in [4.78, 5) is 23.8. The molecule has 0 spiro atoms. The number of benzene rings is 2. The number of rotatable bonds is 6. The van der Waals surface area contributed by atoms with Crippen LogP contribution >= 0.6 is 0 Å². The lowest BCUT2D eigenvalue weighted by Crippen LogP contribution is -2.17. The van der Waals surface area contributed by atoms with Crippen LogP contribution in [0.5, 0.6) is 5.75 Å². The van der Waals surface area contributed by atoms with Gasteiger partial charge in [0, 0.05) is 18.3 Å². The zero-order valence-corrected chi connectivity index (χ0v) is 14.5. The van der Waals surface area contributed by atoms with E-state index < -0.39 is 5.91 Å². The van der Waals surface area contributed by atoms with Crippen molar-refractivity contribution in [3.05, 3.63) is 83.6 Å². The average molecular weight is 368 g/mol. The summed E-state index contributed by atoms with van der Waals surface area (Å²) >= 11 is 0. The molecule has 2 N–H and O–H groups in total. The Bertz CT molecular complexity index is 933. The molecule has 3 aromatic rings. The number of halogens is 1. The van der Waals surface area contributed by atoms with Crippen molar-refractivity contribution in [3.8, 4) is 5.75 Å². The summed E-state index contributed by atoms with van der Waals surface area (Å²) in [7, 11) is 1.55. The summed E-state index contributed by atoms with van der Waals surface area (Å²) in [6.07, 6.45) is 0. The third kappa shape index (κ3) is 4.72. The van der Waals surface area contributed by atoms with Crippen molar-refractivity contribution in [2.75, 3.05) is 12.4 Å². The molecule has 0 aliphatic rings. The molecule has 0 aliphatic heterocycles. The number of carbonyl (C=O) groups excluding carboxylic acids is 2. The highest BCUT2D eigenvalue weighted by Crippen LogP contribution is 2.16. The Kier molecular flexibility index (Phi) is 5.51. The van der Waals surface area contributed by atoms with Crippen LogP contribution in [0.25, 0.3) is 0 Å². The summed E-state index contributed by atoms with van der Waals surface area (Å²) in [5.74, 6) is 0.112. The molecule has 27 heavy (non-hydrogen) atoms. The zero-order valence-electron chi connectivity index (χ0n) is 14.5. The lowest BCUT2D eigenvalue weighted by atomic mass is 10.2. The van der Waals surface area contributed by atoms with E-state index in [0.717, 1.165) is 0 Å². The third-order valence-electron chi connectivity index (χ3n) is 3.71. The highest BCUT2D eigenvalue weighted by molar-refractivity contribution is 6.02. The van der Waals surface area contributed by atoms with Crippen molar-refractivity contribution in [2.45, 2.75) is 6.61 Å². The topological polar surface area (TPSA) is 80.6 Å². The molecule has 0 saturated heterocycles. The maximum atomic E-state index is 12.9. The quantitative estimate of drug-likeness (QED) is 0.697. The first-order chi connectivity index (χ1) is 13.0. The van der Waals surface area contributed by atoms with Crippen LogP contribution < -0.4 is 15.4 Å². The molecule has 0 atom stereocenters. The number of carbonyl (C=O) groups is 2. The van der Waals surface area contributed by atoms with Crippen molar-refractivity contribution in [3.63, 3.8) is 0 Å². The number of amides is 2. The smallest absolute Gasteiger partial charge is 0.291 e. The second-order valence-electron chi connectivity index (χ2n) is 5.62. The molecular weight excluding hydrogens is 351 g/mol. The molecule has 0 fully saturated rings. The van der Waals surface area contributed by atoms with Gasteiger partial charge in [0.1, 0.15) is 23.9 Å². The fraction of sp³-hybridized carbons (Fsp3) is 0.100. The maximum Gasteiger partial charge on any atom is 0.291 e. The van der Waals surface area contributed by atoms with E-state index in [1.54, 1.807) is 37.4 Å². The highest BCUT2D eigenvalue weighted by Gasteiger charge is 2.12. The van der Waals surface area contributed by atoms with Gasteiger partial charge in [-0.2, -0.15) is 0 Å². The summed E-state index contributed by atoms with van der Waals surface area (Å²) < 4.78 is 23.8. The van der Waals surface area contributed by atoms with Crippen molar-refractivity contribution >= 4 is 17.5 Å². The van der Waals surface area contributed by atoms with E-state index in [1.807, 2.05) is 0 Å². The Balaban J connectivity index is 1.57. The molecule has 0 unspecified atom stereocenters. The molecule has 6 nitrogen and oxygen atoms in total. The van der Waals surface area contributed by atoms with E-state index in [-0.39, 0.29) is 24.1 Å². The number of furan rings is 1. The van der Waals surface area contributed by atoms with Gasteiger partial charge in [0.15, 0.2) is 5.76 Å². The molecular formula is C20H17FN2O4. The highest BCUT2D eigenvalue weighted by atomic mass is 19.1.